The molecule has 0 amide bonds. The van der Waals surface area contributed by atoms with Gasteiger partial charge in [0.05, 0.1) is 12.2 Å². The van der Waals surface area contributed by atoms with Crippen molar-refractivity contribution in [1.29, 1.82) is 0 Å². The van der Waals surface area contributed by atoms with Crippen molar-refractivity contribution < 1.29 is 0 Å². The number of aromatic nitrogens is 2. The monoisotopic (exact) mass is 229 g/mol. The maximum absolute atomic E-state index is 5.76. The Hall–Kier alpha value is -2.04. The number of aliphatic imine (C=N–C) groups is 1. The van der Waals surface area contributed by atoms with E-state index < -0.39 is 0 Å². The fraction of sp³-hybridized carbons (Fsp3) is 0.333. The van der Waals surface area contributed by atoms with Gasteiger partial charge in [-0.3, -0.25) is 0 Å². The number of guanidine groups is 1. The highest BCUT2D eigenvalue weighted by atomic mass is 15.1. The molecule has 0 saturated heterocycles. The van der Waals surface area contributed by atoms with Gasteiger partial charge >= 0.3 is 0 Å². The molecule has 5 heteroatoms. The number of nitrogens with zero attached hydrogens (tertiary/aromatic N) is 2. The zero-order chi connectivity index (χ0) is 11.7. The van der Waals surface area contributed by atoms with E-state index in [0.29, 0.717) is 18.5 Å². The average molecular weight is 229 g/mol. The summed E-state index contributed by atoms with van der Waals surface area (Å²) in [4.78, 5) is 11.8. The number of rotatable bonds is 3. The molecule has 0 bridgehead atoms. The predicted octanol–water partition coefficient (Wildman–Crippen LogP) is 1.13. The summed E-state index contributed by atoms with van der Waals surface area (Å²) < 4.78 is 0. The number of nitrogens with two attached hydrogens (primary N) is 1. The molecule has 0 spiro atoms. The number of hydrogen-bond donors (Lipinski definition) is 3. The lowest BCUT2D eigenvalue weighted by Crippen LogP contribution is -2.33. The first-order valence-corrected chi connectivity index (χ1v) is 5.81. The second-order valence-electron chi connectivity index (χ2n) is 4.34. The second-order valence-corrected chi connectivity index (χ2v) is 4.34. The van der Waals surface area contributed by atoms with E-state index in [1.165, 1.54) is 12.8 Å². The van der Waals surface area contributed by atoms with Crippen molar-refractivity contribution in [2.45, 2.75) is 25.4 Å². The molecule has 17 heavy (non-hydrogen) atoms. The molecule has 2 aromatic rings. The van der Waals surface area contributed by atoms with E-state index in [9.17, 15) is 0 Å². The van der Waals surface area contributed by atoms with Gasteiger partial charge in [-0.05, 0) is 31.0 Å². The van der Waals surface area contributed by atoms with E-state index in [0.717, 1.165) is 16.7 Å². The highest BCUT2D eigenvalue weighted by Gasteiger charge is 2.21. The number of aromatic amines is 1. The van der Waals surface area contributed by atoms with Crippen LogP contribution in [0.5, 0.6) is 0 Å². The van der Waals surface area contributed by atoms with Gasteiger partial charge < -0.3 is 16.0 Å². The van der Waals surface area contributed by atoms with Crippen molar-refractivity contribution >= 4 is 17.0 Å². The Balaban J connectivity index is 1.70. The van der Waals surface area contributed by atoms with Crippen LogP contribution in [0.4, 0.5) is 0 Å². The molecule has 0 atom stereocenters. The van der Waals surface area contributed by atoms with Gasteiger partial charge in [-0.1, -0.05) is 0 Å². The van der Waals surface area contributed by atoms with Crippen LogP contribution in [0.15, 0.2) is 29.4 Å². The zero-order valence-electron chi connectivity index (χ0n) is 9.48. The molecule has 2 heterocycles. The maximum atomic E-state index is 5.76. The normalized spacial score (nSPS) is 16.4. The average Bonchev–Trinajstić information content (AvgIpc) is 3.01. The second kappa shape index (κ2) is 4.08. The molecule has 3 rings (SSSR count). The van der Waals surface area contributed by atoms with Gasteiger partial charge in [0.1, 0.15) is 5.65 Å². The molecule has 0 aliphatic heterocycles. The molecule has 0 radical (unpaired) electrons. The van der Waals surface area contributed by atoms with Crippen LogP contribution in [0, 0.1) is 0 Å². The number of H-pyrrole nitrogens is 1. The quantitative estimate of drug-likeness (QED) is 0.545. The van der Waals surface area contributed by atoms with Crippen LogP contribution in [-0.4, -0.2) is 22.0 Å². The lowest BCUT2D eigenvalue weighted by molar-refractivity contribution is 0.873. The van der Waals surface area contributed by atoms with Crippen molar-refractivity contribution in [2.75, 3.05) is 0 Å². The number of nitrogens with one attached hydrogen (secondary N) is 2. The van der Waals surface area contributed by atoms with Crippen LogP contribution in [0.1, 0.15) is 18.5 Å². The standard InChI is InChI=1S/C12H15N5/c13-12(17-9-3-4-9)15-7-10-2-1-8-5-6-14-11(8)16-10/h1-2,5-6,9H,3-4,7H2,(H,14,16)(H3,13,15,17). The third-order valence-corrected chi connectivity index (χ3v) is 2.81. The Kier molecular flexibility index (Phi) is 2.44. The molecule has 1 fully saturated rings. The Morgan fingerprint density at radius 1 is 1.47 bits per heavy atom. The Morgan fingerprint density at radius 3 is 3.18 bits per heavy atom. The highest BCUT2D eigenvalue weighted by Crippen LogP contribution is 2.18. The highest BCUT2D eigenvalue weighted by molar-refractivity contribution is 5.78. The topological polar surface area (TPSA) is 79.1 Å². The minimum absolute atomic E-state index is 0.514. The summed E-state index contributed by atoms with van der Waals surface area (Å²) in [6, 6.07) is 6.55. The molecule has 1 saturated carbocycles. The number of fused-ring (bicyclic) bond motifs is 1. The smallest absolute Gasteiger partial charge is 0.189 e. The van der Waals surface area contributed by atoms with Gasteiger partial charge in [0.2, 0.25) is 0 Å². The summed E-state index contributed by atoms with van der Waals surface area (Å²) in [6.07, 6.45) is 4.28. The van der Waals surface area contributed by atoms with Crippen molar-refractivity contribution in [3.05, 3.63) is 30.1 Å². The SMILES string of the molecule is NC(=NCc1ccc2cc[nH]c2n1)NC1CC1. The maximum Gasteiger partial charge on any atom is 0.189 e. The third kappa shape index (κ3) is 2.38. The van der Waals surface area contributed by atoms with E-state index in [2.05, 4.69) is 20.3 Å². The van der Waals surface area contributed by atoms with E-state index >= 15 is 0 Å². The molecule has 0 aromatic carbocycles. The summed E-state index contributed by atoms with van der Waals surface area (Å²) in [7, 11) is 0. The Bertz CT molecular complexity index is 553. The van der Waals surface area contributed by atoms with Crippen LogP contribution in [0.25, 0.3) is 11.0 Å². The Labute approximate surface area is 99.1 Å². The van der Waals surface area contributed by atoms with E-state index in [4.69, 9.17) is 5.73 Å². The van der Waals surface area contributed by atoms with Crippen molar-refractivity contribution in [3.8, 4) is 0 Å². The van der Waals surface area contributed by atoms with Crippen LogP contribution in [0.3, 0.4) is 0 Å². The lowest BCUT2D eigenvalue weighted by Gasteiger charge is -2.02. The molecule has 0 unspecified atom stereocenters. The van der Waals surface area contributed by atoms with Crippen LogP contribution in [0.2, 0.25) is 0 Å². The van der Waals surface area contributed by atoms with Crippen molar-refractivity contribution in [2.24, 2.45) is 10.7 Å². The predicted molar refractivity (Wildman–Crippen MR) is 67.6 cm³/mol. The summed E-state index contributed by atoms with van der Waals surface area (Å²) in [5.41, 5.74) is 7.57. The van der Waals surface area contributed by atoms with Gasteiger partial charge in [-0.25, -0.2) is 9.98 Å². The van der Waals surface area contributed by atoms with Gasteiger partial charge in [0.15, 0.2) is 5.96 Å². The first-order chi connectivity index (χ1) is 8.31. The Morgan fingerprint density at radius 2 is 2.35 bits per heavy atom. The molecular weight excluding hydrogens is 214 g/mol. The van der Waals surface area contributed by atoms with Crippen LogP contribution < -0.4 is 11.1 Å². The van der Waals surface area contributed by atoms with Gasteiger partial charge in [-0.15, -0.1) is 0 Å². The largest absolute Gasteiger partial charge is 0.370 e. The molecule has 1 aliphatic rings. The fourth-order valence-corrected chi connectivity index (χ4v) is 1.71. The summed E-state index contributed by atoms with van der Waals surface area (Å²) in [6.45, 7) is 0.514. The van der Waals surface area contributed by atoms with E-state index in [-0.39, 0.29) is 0 Å². The third-order valence-electron chi connectivity index (χ3n) is 2.81. The minimum Gasteiger partial charge on any atom is -0.370 e. The van der Waals surface area contributed by atoms with Crippen LogP contribution in [-0.2, 0) is 6.54 Å². The summed E-state index contributed by atoms with van der Waals surface area (Å²) in [5, 5.41) is 4.26. The molecule has 88 valence electrons. The molecule has 1 aliphatic carbocycles. The van der Waals surface area contributed by atoms with E-state index in [1.807, 2.05) is 24.4 Å². The number of hydrogen-bond acceptors (Lipinski definition) is 2. The lowest BCUT2D eigenvalue weighted by atomic mass is 10.3. The summed E-state index contributed by atoms with van der Waals surface area (Å²) >= 11 is 0. The minimum atomic E-state index is 0.514. The zero-order valence-corrected chi connectivity index (χ0v) is 9.48. The number of pyridine rings is 1. The van der Waals surface area contributed by atoms with Crippen LogP contribution >= 0.6 is 0 Å². The molecular formula is C12H15N5. The van der Waals surface area contributed by atoms with Crippen molar-refractivity contribution in [3.63, 3.8) is 0 Å². The first-order valence-electron chi connectivity index (χ1n) is 5.81. The molecule has 2 aromatic heterocycles. The molecule has 4 N–H and O–H groups in total. The molecule has 5 nitrogen and oxygen atoms in total. The fourth-order valence-electron chi connectivity index (χ4n) is 1.71. The van der Waals surface area contributed by atoms with Gasteiger partial charge in [-0.2, -0.15) is 0 Å². The van der Waals surface area contributed by atoms with Gasteiger partial charge in [0, 0.05) is 17.6 Å². The van der Waals surface area contributed by atoms with Gasteiger partial charge in [0.25, 0.3) is 0 Å². The van der Waals surface area contributed by atoms with E-state index in [1.54, 1.807) is 0 Å². The summed E-state index contributed by atoms with van der Waals surface area (Å²) in [5.74, 6) is 0.515. The van der Waals surface area contributed by atoms with Crippen molar-refractivity contribution in [1.82, 2.24) is 15.3 Å². The first kappa shape index (κ1) is 10.1.